The molecule has 3 aliphatic rings. The van der Waals surface area contributed by atoms with Crippen LogP contribution in [0.3, 0.4) is 0 Å². The van der Waals surface area contributed by atoms with Crippen molar-refractivity contribution in [2.24, 2.45) is 0 Å². The lowest BCUT2D eigenvalue weighted by Crippen LogP contribution is -2.48. The van der Waals surface area contributed by atoms with Gasteiger partial charge in [-0.05, 0) is 74.6 Å². The summed E-state index contributed by atoms with van der Waals surface area (Å²) in [7, 11) is -4.39. The van der Waals surface area contributed by atoms with Crippen LogP contribution in [0.1, 0.15) is 60.3 Å². The van der Waals surface area contributed by atoms with Crippen LogP contribution >= 0.6 is 0 Å². The zero-order valence-corrected chi connectivity index (χ0v) is 20.6. The van der Waals surface area contributed by atoms with Gasteiger partial charge in [0.15, 0.2) is 0 Å². The molecule has 5 rings (SSSR count). The first-order valence-electron chi connectivity index (χ1n) is 11.9. The number of sulfonamides is 1. The van der Waals surface area contributed by atoms with Gasteiger partial charge in [-0.1, -0.05) is 0 Å². The molecule has 4 N–H and O–H groups in total. The highest BCUT2D eigenvalue weighted by molar-refractivity contribution is 7.89. The number of anilines is 1. The van der Waals surface area contributed by atoms with Gasteiger partial charge in [0.05, 0.1) is 11.7 Å². The van der Waals surface area contributed by atoms with Crippen LogP contribution in [0.25, 0.3) is 0 Å². The van der Waals surface area contributed by atoms with Gasteiger partial charge in [-0.15, -0.1) is 0 Å². The number of aliphatic hydroxyl groups is 1. The standard InChI is InChI=1S/C24H30FN3O6S/c1-24(2,30)18-9-20(34-19(18)12-33-13-10-26-11-13)35(31,32)28-23(29)27-22-16-7-3-5-14(16)21(25)15-6-4-8-17(15)22/h9,13,26,30H,3-8,10-12H2,1-2H3,(H2,27,28,29). The van der Waals surface area contributed by atoms with E-state index in [1.54, 1.807) is 0 Å². The minimum absolute atomic E-state index is 0.0127. The van der Waals surface area contributed by atoms with Gasteiger partial charge in [0, 0.05) is 30.4 Å². The molecule has 190 valence electrons. The summed E-state index contributed by atoms with van der Waals surface area (Å²) >= 11 is 0. The van der Waals surface area contributed by atoms with Crippen molar-refractivity contribution < 1.29 is 31.9 Å². The van der Waals surface area contributed by atoms with Crippen LogP contribution in [0.5, 0.6) is 0 Å². The quantitative estimate of drug-likeness (QED) is 0.453. The first-order chi connectivity index (χ1) is 16.5. The zero-order chi connectivity index (χ0) is 25.0. The van der Waals surface area contributed by atoms with E-state index in [0.29, 0.717) is 55.6 Å². The van der Waals surface area contributed by atoms with Crippen LogP contribution in [0.2, 0.25) is 0 Å². The minimum atomic E-state index is -4.39. The molecule has 11 heteroatoms. The Hall–Kier alpha value is -2.47. The van der Waals surface area contributed by atoms with Crippen molar-refractivity contribution in [3.63, 3.8) is 0 Å². The maximum Gasteiger partial charge on any atom is 0.333 e. The molecule has 0 bridgehead atoms. The Labute approximate surface area is 203 Å². The van der Waals surface area contributed by atoms with Crippen molar-refractivity contribution >= 4 is 21.7 Å². The molecule has 0 radical (unpaired) electrons. The number of amides is 2. The van der Waals surface area contributed by atoms with E-state index < -0.39 is 26.7 Å². The topological polar surface area (TPSA) is 130 Å². The number of carbonyl (C=O) groups excluding carboxylic acids is 1. The monoisotopic (exact) mass is 507 g/mol. The summed E-state index contributed by atoms with van der Waals surface area (Å²) in [5.41, 5.74) is 2.15. The van der Waals surface area contributed by atoms with Crippen LogP contribution < -0.4 is 15.4 Å². The number of urea groups is 1. The first kappa shape index (κ1) is 24.2. The van der Waals surface area contributed by atoms with Gasteiger partial charge in [-0.3, -0.25) is 0 Å². The molecule has 1 aromatic heterocycles. The van der Waals surface area contributed by atoms with Crippen molar-refractivity contribution in [2.45, 2.75) is 75.8 Å². The van der Waals surface area contributed by atoms with E-state index in [1.165, 1.54) is 19.9 Å². The summed E-state index contributed by atoms with van der Waals surface area (Å²) in [5, 5.41) is 15.8. The molecule has 0 unspecified atom stereocenters. The minimum Gasteiger partial charge on any atom is -0.445 e. The summed E-state index contributed by atoms with van der Waals surface area (Å²) < 4.78 is 54.1. The van der Waals surface area contributed by atoms with Crippen molar-refractivity contribution in [1.29, 1.82) is 0 Å². The molecular weight excluding hydrogens is 477 g/mol. The third kappa shape index (κ3) is 4.57. The van der Waals surface area contributed by atoms with Crippen molar-refractivity contribution in [3.05, 3.63) is 45.5 Å². The van der Waals surface area contributed by atoms with Gasteiger partial charge in [0.25, 0.3) is 10.0 Å². The van der Waals surface area contributed by atoms with Crippen LogP contribution in [0.15, 0.2) is 15.6 Å². The van der Waals surface area contributed by atoms with Crippen LogP contribution in [0, 0.1) is 5.82 Å². The molecule has 1 saturated heterocycles. The van der Waals surface area contributed by atoms with E-state index in [4.69, 9.17) is 9.15 Å². The van der Waals surface area contributed by atoms with E-state index in [1.807, 2.05) is 4.72 Å². The first-order valence-corrected chi connectivity index (χ1v) is 13.4. The summed E-state index contributed by atoms with van der Waals surface area (Å²) in [6.07, 6.45) is 4.05. The van der Waals surface area contributed by atoms with E-state index in [0.717, 1.165) is 24.0 Å². The average molecular weight is 508 g/mol. The zero-order valence-electron chi connectivity index (χ0n) is 19.8. The predicted octanol–water partition coefficient (Wildman–Crippen LogP) is 2.62. The molecule has 1 aliphatic heterocycles. The lowest BCUT2D eigenvalue weighted by atomic mass is 9.98. The third-order valence-corrected chi connectivity index (χ3v) is 8.12. The number of halogens is 1. The number of ether oxygens (including phenoxy) is 1. The number of benzene rings is 1. The number of rotatable bonds is 7. The van der Waals surface area contributed by atoms with Crippen molar-refractivity contribution in [1.82, 2.24) is 10.0 Å². The lowest BCUT2D eigenvalue weighted by molar-refractivity contribution is -0.00482. The largest absolute Gasteiger partial charge is 0.445 e. The van der Waals surface area contributed by atoms with E-state index >= 15 is 0 Å². The van der Waals surface area contributed by atoms with Gasteiger partial charge in [-0.2, -0.15) is 8.42 Å². The Morgan fingerprint density at radius 3 is 2.31 bits per heavy atom. The summed E-state index contributed by atoms with van der Waals surface area (Å²) in [5.74, 6) is 0.00472. The predicted molar refractivity (Wildman–Crippen MR) is 125 cm³/mol. The fourth-order valence-electron chi connectivity index (χ4n) is 5.09. The van der Waals surface area contributed by atoms with Gasteiger partial charge in [-0.25, -0.2) is 13.9 Å². The number of hydrogen-bond acceptors (Lipinski definition) is 7. The van der Waals surface area contributed by atoms with Gasteiger partial charge in [0.2, 0.25) is 5.09 Å². The number of carbonyl (C=O) groups is 1. The highest BCUT2D eigenvalue weighted by Gasteiger charge is 2.33. The Morgan fingerprint density at radius 1 is 1.17 bits per heavy atom. The van der Waals surface area contributed by atoms with Crippen molar-refractivity contribution in [3.8, 4) is 0 Å². The molecule has 2 aliphatic carbocycles. The Bertz CT molecular complexity index is 1240. The molecule has 35 heavy (non-hydrogen) atoms. The fraction of sp³-hybridized carbons (Fsp3) is 0.542. The van der Waals surface area contributed by atoms with E-state index in [-0.39, 0.29) is 29.9 Å². The average Bonchev–Trinajstić information content (AvgIpc) is 3.48. The molecule has 2 aromatic rings. The smallest absolute Gasteiger partial charge is 0.333 e. The number of hydrogen-bond donors (Lipinski definition) is 4. The van der Waals surface area contributed by atoms with Crippen LogP contribution in [0.4, 0.5) is 14.9 Å². The number of fused-ring (bicyclic) bond motifs is 2. The molecule has 0 saturated carbocycles. The molecule has 1 fully saturated rings. The van der Waals surface area contributed by atoms with Gasteiger partial charge >= 0.3 is 6.03 Å². The number of furan rings is 1. The lowest BCUT2D eigenvalue weighted by Gasteiger charge is -2.27. The molecule has 0 atom stereocenters. The van der Waals surface area contributed by atoms with Crippen molar-refractivity contribution in [2.75, 3.05) is 18.4 Å². The Kier molecular flexibility index (Phi) is 6.15. The maximum atomic E-state index is 14.9. The molecule has 0 spiro atoms. The summed E-state index contributed by atoms with van der Waals surface area (Å²) in [6, 6.07) is 0.264. The van der Waals surface area contributed by atoms with E-state index in [2.05, 4.69) is 10.6 Å². The third-order valence-electron chi connectivity index (χ3n) is 6.94. The SMILES string of the molecule is CC(C)(O)c1cc(S(=O)(=O)NC(=O)Nc2c3c(c(F)c4c2CCC4)CCC3)oc1COC1CNC1. The van der Waals surface area contributed by atoms with E-state index in [9.17, 15) is 22.7 Å². The molecule has 9 nitrogen and oxygen atoms in total. The maximum absolute atomic E-state index is 14.9. The van der Waals surface area contributed by atoms with Gasteiger partial charge < -0.3 is 24.9 Å². The highest BCUT2D eigenvalue weighted by Crippen LogP contribution is 2.41. The second-order valence-electron chi connectivity index (χ2n) is 9.92. The Balaban J connectivity index is 1.37. The summed E-state index contributed by atoms with van der Waals surface area (Å²) in [4.78, 5) is 12.8. The molecule has 2 amide bonds. The molecular formula is C24H30FN3O6S. The number of nitrogens with one attached hydrogen (secondary N) is 3. The normalized spacial score (nSPS) is 17.7. The van der Waals surface area contributed by atoms with Crippen LogP contribution in [-0.4, -0.2) is 38.7 Å². The fourth-order valence-corrected chi connectivity index (χ4v) is 5.96. The second kappa shape index (κ2) is 8.88. The van der Waals surface area contributed by atoms with Gasteiger partial charge in [0.1, 0.15) is 18.2 Å². The second-order valence-corrected chi connectivity index (χ2v) is 11.5. The molecule has 1 aromatic carbocycles. The summed E-state index contributed by atoms with van der Waals surface area (Å²) in [6.45, 7) is 4.38. The Morgan fingerprint density at radius 2 is 1.77 bits per heavy atom. The van der Waals surface area contributed by atoms with Crippen LogP contribution in [-0.2, 0) is 52.7 Å². The molecule has 2 heterocycles. The highest BCUT2D eigenvalue weighted by atomic mass is 32.2.